The molecule has 0 saturated carbocycles. The maximum absolute atomic E-state index is 12.9. The van der Waals surface area contributed by atoms with Gasteiger partial charge in [-0.15, -0.1) is 0 Å². The lowest BCUT2D eigenvalue weighted by atomic mass is 9.87. The van der Waals surface area contributed by atoms with Gasteiger partial charge < -0.3 is 4.74 Å². The summed E-state index contributed by atoms with van der Waals surface area (Å²) in [7, 11) is 1.11. The Morgan fingerprint density at radius 3 is 2.42 bits per heavy atom. The number of nitro groups is 1. The van der Waals surface area contributed by atoms with Crippen LogP contribution in [0, 0.1) is 10.1 Å². The Morgan fingerprint density at radius 2 is 1.83 bits per heavy atom. The summed E-state index contributed by atoms with van der Waals surface area (Å²) in [6, 6.07) is 11.0. The van der Waals surface area contributed by atoms with Crippen LogP contribution in [0.3, 0.4) is 0 Å². The van der Waals surface area contributed by atoms with Gasteiger partial charge in [-0.05, 0) is 42.2 Å². The van der Waals surface area contributed by atoms with Gasteiger partial charge in [0.2, 0.25) is 0 Å². The van der Waals surface area contributed by atoms with E-state index < -0.39 is 22.5 Å². The van der Waals surface area contributed by atoms with Crippen molar-refractivity contribution in [2.45, 2.75) is 33.1 Å². The highest BCUT2D eigenvalue weighted by Crippen LogP contribution is 2.28. The first-order valence-corrected chi connectivity index (χ1v) is 11.0. The number of ether oxygens (including phenoxy) is 1. The van der Waals surface area contributed by atoms with Crippen LogP contribution in [-0.4, -0.2) is 42.1 Å². The van der Waals surface area contributed by atoms with Crippen molar-refractivity contribution in [1.82, 2.24) is 10.9 Å². The van der Waals surface area contributed by atoms with Crippen LogP contribution in [0.25, 0.3) is 0 Å². The van der Waals surface area contributed by atoms with Crippen molar-refractivity contribution in [3.8, 4) is 0 Å². The van der Waals surface area contributed by atoms with Crippen LogP contribution in [0.15, 0.2) is 59.2 Å². The number of hydrogen-bond donors (Lipinski definition) is 2. The predicted octanol–water partition coefficient (Wildman–Crippen LogP) is 3.26. The largest absolute Gasteiger partial charge is 0.465 e. The molecular formula is C25H27N5O6. The molecule has 1 aliphatic rings. The number of amides is 2. The summed E-state index contributed by atoms with van der Waals surface area (Å²) >= 11 is 0. The first kappa shape index (κ1) is 26.2. The molecule has 0 aromatic heterocycles. The van der Waals surface area contributed by atoms with Crippen LogP contribution in [0.5, 0.6) is 0 Å². The molecule has 11 heteroatoms. The van der Waals surface area contributed by atoms with E-state index in [4.69, 9.17) is 0 Å². The number of esters is 1. The molecule has 188 valence electrons. The van der Waals surface area contributed by atoms with Crippen molar-refractivity contribution < 1.29 is 24.0 Å². The molecule has 0 spiro atoms. The molecule has 2 N–H and O–H groups in total. The molecule has 1 aliphatic heterocycles. The summed E-state index contributed by atoms with van der Waals surface area (Å²) < 4.78 is 4.52. The molecule has 0 bridgehead atoms. The molecular weight excluding hydrogens is 466 g/mol. The van der Waals surface area contributed by atoms with Crippen molar-refractivity contribution >= 4 is 34.9 Å². The second-order valence-corrected chi connectivity index (χ2v) is 9.03. The Labute approximate surface area is 207 Å². The number of nitro benzene ring substituents is 1. The maximum Gasteiger partial charge on any atom is 0.344 e. The number of nitrogens with one attached hydrogen (secondary N) is 2. The molecule has 0 atom stereocenters. The molecule has 2 amide bonds. The van der Waals surface area contributed by atoms with E-state index in [2.05, 4.69) is 41.5 Å². The lowest BCUT2D eigenvalue weighted by molar-refractivity contribution is -0.385. The molecule has 11 nitrogen and oxygen atoms in total. The van der Waals surface area contributed by atoms with Gasteiger partial charge in [0.25, 0.3) is 17.5 Å². The minimum Gasteiger partial charge on any atom is -0.465 e. The van der Waals surface area contributed by atoms with Crippen LogP contribution < -0.4 is 15.9 Å². The van der Waals surface area contributed by atoms with E-state index in [1.165, 1.54) is 11.1 Å². The Kier molecular flexibility index (Phi) is 7.64. The maximum atomic E-state index is 12.9. The molecule has 0 unspecified atom stereocenters. The van der Waals surface area contributed by atoms with E-state index in [0.717, 1.165) is 24.8 Å². The number of anilines is 1. The van der Waals surface area contributed by atoms with Gasteiger partial charge in [0.05, 0.1) is 29.0 Å². The van der Waals surface area contributed by atoms with Gasteiger partial charge in [-0.2, -0.15) is 10.1 Å². The zero-order chi connectivity index (χ0) is 26.6. The van der Waals surface area contributed by atoms with Crippen LogP contribution in [0.4, 0.5) is 11.4 Å². The highest BCUT2D eigenvalue weighted by Gasteiger charge is 2.29. The Bertz CT molecular complexity index is 1270. The minimum absolute atomic E-state index is 0.0117. The number of hydrogen-bond acceptors (Lipinski definition) is 8. The van der Waals surface area contributed by atoms with Crippen LogP contribution >= 0.6 is 0 Å². The molecule has 0 radical (unpaired) electrons. The summed E-state index contributed by atoms with van der Waals surface area (Å²) in [6.07, 6.45) is 1.59. The fourth-order valence-electron chi connectivity index (χ4n) is 3.49. The summed E-state index contributed by atoms with van der Waals surface area (Å²) in [6.45, 7) is 8.14. The molecule has 0 aliphatic carbocycles. The number of methoxy groups -OCH3 is 1. The molecule has 3 rings (SSSR count). The SMILES string of the molecule is COC(=O)c1ccc(C(=O)NNCC=C2C(=O)N(c3ccc(C(C)(C)C)cc3)N=C2C)cc1[N+](=O)[O-]. The van der Waals surface area contributed by atoms with E-state index in [9.17, 15) is 24.5 Å². The Balaban J connectivity index is 1.63. The molecule has 0 saturated heterocycles. The van der Waals surface area contributed by atoms with Gasteiger partial charge >= 0.3 is 5.97 Å². The molecule has 36 heavy (non-hydrogen) atoms. The fraction of sp³-hybridized carbons (Fsp3) is 0.280. The summed E-state index contributed by atoms with van der Waals surface area (Å²) in [5.41, 5.74) is 6.92. The van der Waals surface area contributed by atoms with E-state index in [0.29, 0.717) is 17.0 Å². The van der Waals surface area contributed by atoms with Crippen molar-refractivity contribution in [3.63, 3.8) is 0 Å². The van der Waals surface area contributed by atoms with Gasteiger partial charge in [-0.3, -0.25) is 25.1 Å². The third-order valence-corrected chi connectivity index (χ3v) is 5.51. The third-order valence-electron chi connectivity index (χ3n) is 5.51. The number of benzene rings is 2. The van der Waals surface area contributed by atoms with E-state index in [1.807, 2.05) is 24.3 Å². The first-order valence-electron chi connectivity index (χ1n) is 11.0. The van der Waals surface area contributed by atoms with E-state index >= 15 is 0 Å². The molecule has 1 heterocycles. The summed E-state index contributed by atoms with van der Waals surface area (Å²) in [5.74, 6) is -1.83. The van der Waals surface area contributed by atoms with Gasteiger partial charge in [0, 0.05) is 18.2 Å². The Morgan fingerprint density at radius 1 is 1.17 bits per heavy atom. The predicted molar refractivity (Wildman–Crippen MR) is 134 cm³/mol. The van der Waals surface area contributed by atoms with Crippen LogP contribution in [0.1, 0.15) is 54.0 Å². The number of carbonyl (C=O) groups excluding carboxylic acids is 3. The minimum atomic E-state index is -0.879. The molecule has 2 aromatic rings. The van der Waals surface area contributed by atoms with Gasteiger partial charge in [-0.1, -0.05) is 39.0 Å². The standard InChI is InChI=1S/C25H27N5O6/c1-15-19(23(32)29(28-15)18-9-7-17(8-10-18)25(2,3)4)12-13-26-27-22(31)16-6-11-20(24(33)36-5)21(14-16)30(34)35/h6-12,14,26H,13H2,1-5H3,(H,27,31). The van der Waals surface area contributed by atoms with Crippen LogP contribution in [-0.2, 0) is 14.9 Å². The fourth-order valence-corrected chi connectivity index (χ4v) is 3.49. The average Bonchev–Trinajstić information content (AvgIpc) is 3.13. The number of hydrazine groups is 1. The molecule has 0 fully saturated rings. The van der Waals surface area contributed by atoms with E-state index in [-0.39, 0.29) is 29.0 Å². The van der Waals surface area contributed by atoms with Crippen molar-refractivity contribution in [2.75, 3.05) is 18.7 Å². The highest BCUT2D eigenvalue weighted by molar-refractivity contribution is 6.29. The highest BCUT2D eigenvalue weighted by atomic mass is 16.6. The number of rotatable bonds is 7. The second kappa shape index (κ2) is 10.5. The number of nitrogens with zero attached hydrogens (tertiary/aromatic N) is 3. The quantitative estimate of drug-likeness (QED) is 0.198. The average molecular weight is 494 g/mol. The zero-order valence-corrected chi connectivity index (χ0v) is 20.6. The summed E-state index contributed by atoms with van der Waals surface area (Å²) in [4.78, 5) is 47.5. The number of carbonyl (C=O) groups is 3. The smallest absolute Gasteiger partial charge is 0.344 e. The topological polar surface area (TPSA) is 143 Å². The Hall–Kier alpha value is -4.38. The third kappa shape index (κ3) is 5.63. The first-order chi connectivity index (χ1) is 16.9. The van der Waals surface area contributed by atoms with E-state index in [1.54, 1.807) is 13.0 Å². The van der Waals surface area contributed by atoms with Crippen LogP contribution in [0.2, 0.25) is 0 Å². The summed E-state index contributed by atoms with van der Waals surface area (Å²) in [5, 5.41) is 16.9. The monoisotopic (exact) mass is 493 g/mol. The van der Waals surface area contributed by atoms with Crippen molar-refractivity contribution in [3.05, 3.63) is 80.9 Å². The second-order valence-electron chi connectivity index (χ2n) is 9.03. The number of hydrazone groups is 1. The van der Waals surface area contributed by atoms with Gasteiger partial charge in [0.1, 0.15) is 5.56 Å². The normalized spacial score (nSPS) is 14.6. The van der Waals surface area contributed by atoms with Gasteiger partial charge in [-0.25, -0.2) is 10.2 Å². The van der Waals surface area contributed by atoms with Crippen molar-refractivity contribution in [1.29, 1.82) is 0 Å². The zero-order valence-electron chi connectivity index (χ0n) is 20.6. The van der Waals surface area contributed by atoms with Crippen molar-refractivity contribution in [2.24, 2.45) is 5.10 Å². The lowest BCUT2D eigenvalue weighted by Crippen LogP contribution is -2.37. The molecule has 2 aromatic carbocycles. The lowest BCUT2D eigenvalue weighted by Gasteiger charge is -2.20. The van der Waals surface area contributed by atoms with Gasteiger partial charge in [0.15, 0.2) is 0 Å².